The number of ether oxygens (including phenoxy) is 1. The molecule has 0 aliphatic heterocycles. The van der Waals surface area contributed by atoms with Gasteiger partial charge >= 0.3 is 0 Å². The number of pyridine rings is 1. The molecule has 1 aromatic carbocycles. The van der Waals surface area contributed by atoms with E-state index < -0.39 is 27.3 Å². The molecule has 0 spiro atoms. The van der Waals surface area contributed by atoms with Crippen LogP contribution in [-0.2, 0) is 20.2 Å². The molecule has 29 heavy (non-hydrogen) atoms. The third kappa shape index (κ3) is 5.11. The smallest absolute Gasteiger partial charge is 0.256 e. The fourth-order valence-corrected chi connectivity index (χ4v) is 3.57. The molecule has 1 saturated carbocycles. The van der Waals surface area contributed by atoms with Crippen molar-refractivity contribution in [1.29, 1.82) is 0 Å². The Hall–Kier alpha value is -2.05. The van der Waals surface area contributed by atoms with Gasteiger partial charge in [-0.2, -0.15) is 4.39 Å². The van der Waals surface area contributed by atoms with Gasteiger partial charge in [-0.05, 0) is 50.1 Å². The minimum absolute atomic E-state index is 0.0773. The number of anilines is 1. The molecule has 10 heteroatoms. The van der Waals surface area contributed by atoms with Crippen LogP contribution >= 0.6 is 22.6 Å². The first-order chi connectivity index (χ1) is 13.5. The van der Waals surface area contributed by atoms with E-state index in [2.05, 4.69) is 10.3 Å². The quantitative estimate of drug-likeness (QED) is 0.256. The number of amides is 1. The summed E-state index contributed by atoms with van der Waals surface area (Å²) >= 11 is 1.76. The van der Waals surface area contributed by atoms with E-state index in [-0.39, 0.29) is 25.7 Å². The Bertz CT molecular complexity index is 1110. The summed E-state index contributed by atoms with van der Waals surface area (Å²) in [4.78, 5) is 16.3. The summed E-state index contributed by atoms with van der Waals surface area (Å²) in [5.41, 5.74) is -0.337. The van der Waals surface area contributed by atoms with Crippen LogP contribution in [0.2, 0.25) is 0 Å². The SMILES string of the molecule is C/C(C(=O)Nc1cccc(S(C)(=O)=O)c1)=C(\I)Oc1ccc(C2(O)CC2)nc1F. The molecule has 0 radical (unpaired) electrons. The molecule has 0 atom stereocenters. The monoisotopic (exact) mass is 532 g/mol. The van der Waals surface area contributed by atoms with Crippen LogP contribution < -0.4 is 10.1 Å². The highest BCUT2D eigenvalue weighted by atomic mass is 127. The van der Waals surface area contributed by atoms with Gasteiger partial charge in [-0.15, -0.1) is 0 Å². The highest BCUT2D eigenvalue weighted by molar-refractivity contribution is 14.1. The van der Waals surface area contributed by atoms with Crippen LogP contribution in [0.15, 0.2) is 50.6 Å². The van der Waals surface area contributed by atoms with Gasteiger partial charge in [0.25, 0.3) is 11.9 Å². The Morgan fingerprint density at radius 1 is 1.31 bits per heavy atom. The first-order valence-corrected chi connectivity index (χ1v) is 11.5. The molecule has 2 N–H and O–H groups in total. The molecule has 1 heterocycles. The first-order valence-electron chi connectivity index (χ1n) is 8.55. The van der Waals surface area contributed by atoms with Crippen LogP contribution in [0.5, 0.6) is 5.75 Å². The maximum Gasteiger partial charge on any atom is 0.256 e. The molecule has 1 aromatic heterocycles. The summed E-state index contributed by atoms with van der Waals surface area (Å²) in [6, 6.07) is 8.69. The number of halogens is 2. The average molecular weight is 532 g/mol. The number of benzene rings is 1. The molecule has 7 nitrogen and oxygen atoms in total. The lowest BCUT2D eigenvalue weighted by atomic mass is 10.2. The highest BCUT2D eigenvalue weighted by Crippen LogP contribution is 2.44. The third-order valence-electron chi connectivity index (χ3n) is 4.37. The van der Waals surface area contributed by atoms with E-state index in [1.165, 1.54) is 37.3 Å². The van der Waals surface area contributed by atoms with Gasteiger partial charge in [0.2, 0.25) is 0 Å². The number of carbonyl (C=O) groups is 1. The van der Waals surface area contributed by atoms with Crippen LogP contribution in [0.25, 0.3) is 0 Å². The number of aromatic nitrogens is 1. The molecule has 1 amide bonds. The van der Waals surface area contributed by atoms with E-state index in [0.717, 1.165) is 6.26 Å². The topological polar surface area (TPSA) is 106 Å². The van der Waals surface area contributed by atoms with Gasteiger partial charge in [-0.1, -0.05) is 6.07 Å². The predicted molar refractivity (Wildman–Crippen MR) is 113 cm³/mol. The zero-order chi connectivity index (χ0) is 21.4. The highest BCUT2D eigenvalue weighted by Gasteiger charge is 2.44. The molecule has 0 bridgehead atoms. The number of carbonyl (C=O) groups excluding carboxylic acids is 1. The zero-order valence-corrected chi connectivity index (χ0v) is 18.5. The molecule has 3 rings (SSSR count). The van der Waals surface area contributed by atoms with Crippen molar-refractivity contribution in [2.45, 2.75) is 30.3 Å². The van der Waals surface area contributed by atoms with Crippen molar-refractivity contribution >= 4 is 44.0 Å². The van der Waals surface area contributed by atoms with Crippen LogP contribution in [-0.4, -0.2) is 30.7 Å². The number of sulfone groups is 1. The summed E-state index contributed by atoms with van der Waals surface area (Å²) in [5.74, 6) is -1.59. The van der Waals surface area contributed by atoms with Gasteiger partial charge in [0.05, 0.1) is 16.2 Å². The average Bonchev–Trinajstić information content (AvgIpc) is 3.40. The Labute approximate surface area is 181 Å². The van der Waals surface area contributed by atoms with Crippen molar-refractivity contribution in [3.8, 4) is 5.75 Å². The lowest BCUT2D eigenvalue weighted by Crippen LogP contribution is -2.15. The Balaban J connectivity index is 1.74. The van der Waals surface area contributed by atoms with Crippen LogP contribution in [0.1, 0.15) is 25.5 Å². The lowest BCUT2D eigenvalue weighted by molar-refractivity contribution is -0.112. The summed E-state index contributed by atoms with van der Waals surface area (Å²) in [7, 11) is -3.41. The van der Waals surface area contributed by atoms with E-state index in [4.69, 9.17) is 4.74 Å². The van der Waals surface area contributed by atoms with Crippen LogP contribution in [0, 0.1) is 5.95 Å². The Morgan fingerprint density at radius 2 is 2.00 bits per heavy atom. The van der Waals surface area contributed by atoms with Crippen molar-refractivity contribution in [2.75, 3.05) is 11.6 Å². The fraction of sp³-hybridized carbons (Fsp3) is 0.263. The normalized spacial score (nSPS) is 16.0. The molecule has 0 saturated heterocycles. The van der Waals surface area contributed by atoms with Gasteiger partial charge in [-0.3, -0.25) is 4.79 Å². The Kier molecular flexibility index (Phi) is 5.97. The number of hydrogen-bond acceptors (Lipinski definition) is 6. The third-order valence-corrected chi connectivity index (χ3v) is 6.51. The molecule has 1 aliphatic rings. The number of aliphatic hydroxyl groups is 1. The first kappa shape index (κ1) is 21.7. The second-order valence-electron chi connectivity index (χ2n) is 6.77. The molecule has 1 aliphatic carbocycles. The van der Waals surface area contributed by atoms with Crippen molar-refractivity contribution in [1.82, 2.24) is 4.98 Å². The van der Waals surface area contributed by atoms with E-state index in [9.17, 15) is 22.7 Å². The molecule has 2 aromatic rings. The maximum absolute atomic E-state index is 14.2. The number of rotatable bonds is 6. The van der Waals surface area contributed by atoms with Crippen molar-refractivity contribution in [3.63, 3.8) is 0 Å². The van der Waals surface area contributed by atoms with E-state index in [0.29, 0.717) is 18.5 Å². The molecular formula is C19H18FIN2O5S. The maximum atomic E-state index is 14.2. The van der Waals surface area contributed by atoms with Crippen molar-refractivity contribution in [3.05, 3.63) is 57.4 Å². The summed E-state index contributed by atoms with van der Waals surface area (Å²) in [6.07, 6.45) is 2.15. The van der Waals surface area contributed by atoms with E-state index >= 15 is 0 Å². The largest absolute Gasteiger partial charge is 0.446 e. The van der Waals surface area contributed by atoms with Crippen LogP contribution in [0.3, 0.4) is 0 Å². The second-order valence-corrected chi connectivity index (χ2v) is 9.77. The zero-order valence-electron chi connectivity index (χ0n) is 15.6. The van der Waals surface area contributed by atoms with Gasteiger partial charge in [0, 0.05) is 34.5 Å². The molecule has 1 fully saturated rings. The number of nitrogens with zero attached hydrogens (tertiary/aromatic N) is 1. The van der Waals surface area contributed by atoms with E-state index in [1.807, 2.05) is 0 Å². The fourth-order valence-electron chi connectivity index (χ4n) is 2.42. The van der Waals surface area contributed by atoms with Gasteiger partial charge in [0.15, 0.2) is 19.4 Å². The second kappa shape index (κ2) is 8.00. The lowest BCUT2D eigenvalue weighted by Gasteiger charge is -2.12. The van der Waals surface area contributed by atoms with Crippen molar-refractivity contribution < 1.29 is 27.4 Å². The molecular weight excluding hydrogens is 514 g/mol. The van der Waals surface area contributed by atoms with Crippen molar-refractivity contribution in [2.24, 2.45) is 0 Å². The summed E-state index contributed by atoms with van der Waals surface area (Å²) in [5, 5.41) is 12.6. The minimum atomic E-state index is -3.41. The molecule has 154 valence electrons. The van der Waals surface area contributed by atoms with Gasteiger partial charge in [-0.25, -0.2) is 13.4 Å². The summed E-state index contributed by atoms with van der Waals surface area (Å²) < 4.78 is 43.0. The number of hydrogen-bond donors (Lipinski definition) is 2. The standard InChI is InChI=1S/C19H18FIN2O5S/c1-11(18(24)22-12-4-3-5-13(10-12)29(2,26)27)17(21)28-14-6-7-15(23-16(14)20)19(25)8-9-19/h3-7,10,25H,8-9H2,1-2H3,(H,22,24)/b17-11-. The summed E-state index contributed by atoms with van der Waals surface area (Å²) in [6.45, 7) is 1.49. The Morgan fingerprint density at radius 3 is 2.59 bits per heavy atom. The van der Waals surface area contributed by atoms with Gasteiger partial charge in [0.1, 0.15) is 5.60 Å². The van der Waals surface area contributed by atoms with Gasteiger partial charge < -0.3 is 15.2 Å². The predicted octanol–water partition coefficient (Wildman–Crippen LogP) is 3.29. The number of nitrogens with one attached hydrogen (secondary N) is 1. The minimum Gasteiger partial charge on any atom is -0.446 e. The molecule has 0 unspecified atom stereocenters. The van der Waals surface area contributed by atoms with E-state index in [1.54, 1.807) is 28.7 Å². The van der Waals surface area contributed by atoms with Crippen LogP contribution in [0.4, 0.5) is 10.1 Å².